The molecular weight excluding hydrogens is 292 g/mol. The smallest absolute Gasteiger partial charge is 0.346 e. The van der Waals surface area contributed by atoms with Gasteiger partial charge in [0.15, 0.2) is 12.8 Å². The predicted molar refractivity (Wildman–Crippen MR) is 90.1 cm³/mol. The molecule has 0 bridgehead atoms. The average molecular weight is 325 g/mol. The maximum atomic E-state index is 10.9. The summed E-state index contributed by atoms with van der Waals surface area (Å²) in [7, 11) is 0. The SMILES string of the molecule is CCCCCCCCCCCc1n(C(C)O)cc[n+]1CC(=O)O. The normalized spacial score (nSPS) is 12.5. The minimum Gasteiger partial charge on any atom is -0.478 e. The predicted octanol–water partition coefficient (Wildman–Crippen LogP) is 3.44. The van der Waals surface area contributed by atoms with Crippen LogP contribution >= 0.6 is 0 Å². The van der Waals surface area contributed by atoms with Gasteiger partial charge in [0.1, 0.15) is 12.4 Å². The maximum Gasteiger partial charge on any atom is 0.346 e. The van der Waals surface area contributed by atoms with E-state index in [9.17, 15) is 9.90 Å². The summed E-state index contributed by atoms with van der Waals surface area (Å²) >= 11 is 0. The van der Waals surface area contributed by atoms with E-state index in [1.54, 1.807) is 28.5 Å². The van der Waals surface area contributed by atoms with Crippen LogP contribution in [0.2, 0.25) is 0 Å². The molecule has 0 aliphatic rings. The minimum absolute atomic E-state index is 0.0491. The lowest BCUT2D eigenvalue weighted by Crippen LogP contribution is -2.41. The Kier molecular flexibility index (Phi) is 9.60. The highest BCUT2D eigenvalue weighted by Crippen LogP contribution is 2.12. The Hall–Kier alpha value is -1.36. The van der Waals surface area contributed by atoms with Crippen LogP contribution in [0, 0.1) is 0 Å². The van der Waals surface area contributed by atoms with Gasteiger partial charge in [-0.15, -0.1) is 0 Å². The molecule has 1 atom stereocenters. The average Bonchev–Trinajstić information content (AvgIpc) is 2.88. The topological polar surface area (TPSA) is 66.3 Å². The monoisotopic (exact) mass is 325 g/mol. The quantitative estimate of drug-likeness (QED) is 0.431. The summed E-state index contributed by atoms with van der Waals surface area (Å²) in [5.74, 6) is 0.0389. The highest BCUT2D eigenvalue weighted by molar-refractivity contribution is 5.64. The lowest BCUT2D eigenvalue weighted by atomic mass is 10.1. The molecule has 0 aliphatic carbocycles. The molecule has 132 valence electrons. The van der Waals surface area contributed by atoms with E-state index >= 15 is 0 Å². The Morgan fingerprint density at radius 2 is 1.70 bits per heavy atom. The second kappa shape index (κ2) is 11.2. The molecule has 0 aromatic carbocycles. The largest absolute Gasteiger partial charge is 0.478 e. The van der Waals surface area contributed by atoms with Gasteiger partial charge >= 0.3 is 5.97 Å². The number of carbonyl (C=O) groups is 1. The molecule has 23 heavy (non-hydrogen) atoms. The maximum absolute atomic E-state index is 10.9. The summed E-state index contributed by atoms with van der Waals surface area (Å²) in [6, 6.07) is 0. The molecule has 0 saturated heterocycles. The van der Waals surface area contributed by atoms with Gasteiger partial charge in [0, 0.05) is 13.3 Å². The number of carboxylic acids is 1. The van der Waals surface area contributed by atoms with Crippen molar-refractivity contribution < 1.29 is 19.6 Å². The standard InChI is InChI=1S/C18H32N2O3/c1-3-4-5-6-7-8-9-10-11-12-17-19(15-18(22)23)13-14-20(17)16(2)21/h13-14,16,21H,3-12,15H2,1-2H3/p+1. The van der Waals surface area contributed by atoms with Gasteiger partial charge in [0.25, 0.3) is 5.82 Å². The number of aliphatic hydroxyl groups excluding tert-OH is 1. The van der Waals surface area contributed by atoms with Gasteiger partial charge in [0.2, 0.25) is 0 Å². The second-order valence-electron chi connectivity index (χ2n) is 6.35. The number of aliphatic carboxylic acids is 1. The van der Waals surface area contributed by atoms with Crippen molar-refractivity contribution in [1.82, 2.24) is 4.57 Å². The van der Waals surface area contributed by atoms with Gasteiger partial charge in [-0.25, -0.2) is 13.9 Å². The van der Waals surface area contributed by atoms with E-state index < -0.39 is 12.2 Å². The van der Waals surface area contributed by atoms with Crippen LogP contribution in [0.4, 0.5) is 0 Å². The number of nitrogens with zero attached hydrogens (tertiary/aromatic N) is 2. The third kappa shape index (κ3) is 7.64. The van der Waals surface area contributed by atoms with Gasteiger partial charge in [-0.3, -0.25) is 0 Å². The highest BCUT2D eigenvalue weighted by Gasteiger charge is 2.21. The third-order valence-corrected chi connectivity index (χ3v) is 4.25. The van der Waals surface area contributed by atoms with Crippen LogP contribution < -0.4 is 4.57 Å². The first-order chi connectivity index (χ1) is 11.1. The summed E-state index contributed by atoms with van der Waals surface area (Å²) in [5.41, 5.74) is 0. The zero-order chi connectivity index (χ0) is 17.1. The van der Waals surface area contributed by atoms with Crippen molar-refractivity contribution in [2.45, 2.75) is 90.8 Å². The van der Waals surface area contributed by atoms with E-state index in [4.69, 9.17) is 5.11 Å². The lowest BCUT2D eigenvalue weighted by Gasteiger charge is -2.06. The number of aromatic nitrogens is 2. The lowest BCUT2D eigenvalue weighted by molar-refractivity contribution is -0.693. The van der Waals surface area contributed by atoms with Crippen molar-refractivity contribution in [2.75, 3.05) is 0 Å². The van der Waals surface area contributed by atoms with E-state index in [0.717, 1.165) is 25.1 Å². The van der Waals surface area contributed by atoms with E-state index in [1.165, 1.54) is 44.9 Å². The van der Waals surface area contributed by atoms with Gasteiger partial charge < -0.3 is 10.2 Å². The molecule has 1 aromatic heterocycles. The van der Waals surface area contributed by atoms with Crippen LogP contribution in [-0.2, 0) is 17.8 Å². The molecule has 5 nitrogen and oxygen atoms in total. The fraction of sp³-hybridized carbons (Fsp3) is 0.778. The van der Waals surface area contributed by atoms with Crippen LogP contribution in [0.5, 0.6) is 0 Å². The molecular formula is C18H33N2O3+. The van der Waals surface area contributed by atoms with Crippen molar-refractivity contribution in [3.05, 3.63) is 18.2 Å². The molecule has 0 amide bonds. The number of unbranched alkanes of at least 4 members (excludes halogenated alkanes) is 8. The summed E-state index contributed by atoms with van der Waals surface area (Å²) in [6.45, 7) is 3.89. The zero-order valence-electron chi connectivity index (χ0n) is 14.7. The van der Waals surface area contributed by atoms with Crippen molar-refractivity contribution in [2.24, 2.45) is 0 Å². The van der Waals surface area contributed by atoms with Crippen LogP contribution in [0.15, 0.2) is 12.4 Å². The minimum atomic E-state index is -0.855. The Bertz CT molecular complexity index is 455. The summed E-state index contributed by atoms with van der Waals surface area (Å²) in [5, 5.41) is 18.8. The molecule has 0 aliphatic heterocycles. The number of hydrogen-bond acceptors (Lipinski definition) is 2. The van der Waals surface area contributed by atoms with Crippen LogP contribution in [0.1, 0.15) is 83.7 Å². The van der Waals surface area contributed by atoms with E-state index in [1.807, 2.05) is 0 Å². The Morgan fingerprint density at radius 3 is 2.22 bits per heavy atom. The van der Waals surface area contributed by atoms with Crippen molar-refractivity contribution in [3.63, 3.8) is 0 Å². The molecule has 1 unspecified atom stereocenters. The summed E-state index contributed by atoms with van der Waals surface area (Å²) in [4.78, 5) is 10.9. The number of carboxylic acid groups (broad SMARTS) is 1. The van der Waals surface area contributed by atoms with Gasteiger partial charge in [0.05, 0.1) is 0 Å². The number of imidazole rings is 1. The second-order valence-corrected chi connectivity index (χ2v) is 6.35. The van der Waals surface area contributed by atoms with E-state index in [2.05, 4.69) is 6.92 Å². The Labute approximate surface area is 140 Å². The molecule has 0 spiro atoms. The highest BCUT2D eigenvalue weighted by atomic mass is 16.4. The first-order valence-electron chi connectivity index (χ1n) is 9.05. The third-order valence-electron chi connectivity index (χ3n) is 4.25. The van der Waals surface area contributed by atoms with Crippen molar-refractivity contribution >= 4 is 5.97 Å². The molecule has 1 rings (SSSR count). The van der Waals surface area contributed by atoms with E-state index in [0.29, 0.717) is 0 Å². The first-order valence-corrected chi connectivity index (χ1v) is 9.05. The van der Waals surface area contributed by atoms with Crippen LogP contribution in [-0.4, -0.2) is 20.7 Å². The molecule has 0 radical (unpaired) electrons. The fourth-order valence-electron chi connectivity index (χ4n) is 2.97. The number of hydrogen-bond donors (Lipinski definition) is 2. The zero-order valence-corrected chi connectivity index (χ0v) is 14.7. The van der Waals surface area contributed by atoms with Crippen LogP contribution in [0.25, 0.3) is 0 Å². The fourth-order valence-corrected chi connectivity index (χ4v) is 2.97. The van der Waals surface area contributed by atoms with E-state index in [-0.39, 0.29) is 6.54 Å². The summed E-state index contributed by atoms with van der Waals surface area (Å²) < 4.78 is 3.48. The number of aliphatic hydroxyl groups is 1. The molecule has 1 heterocycles. The molecule has 0 saturated carbocycles. The molecule has 0 fully saturated rings. The Morgan fingerprint density at radius 1 is 1.13 bits per heavy atom. The molecule has 5 heteroatoms. The van der Waals surface area contributed by atoms with Gasteiger partial charge in [-0.05, 0) is 6.42 Å². The first kappa shape index (κ1) is 19.7. The summed E-state index contributed by atoms with van der Waals surface area (Å²) in [6.07, 6.45) is 15.1. The molecule has 1 aromatic rings. The number of rotatable bonds is 13. The van der Waals surface area contributed by atoms with Gasteiger partial charge in [-0.2, -0.15) is 0 Å². The van der Waals surface area contributed by atoms with Crippen molar-refractivity contribution in [3.8, 4) is 0 Å². The van der Waals surface area contributed by atoms with Crippen LogP contribution in [0.3, 0.4) is 0 Å². The van der Waals surface area contributed by atoms with Crippen molar-refractivity contribution in [1.29, 1.82) is 0 Å². The molecule has 2 N–H and O–H groups in total. The van der Waals surface area contributed by atoms with Gasteiger partial charge in [-0.1, -0.05) is 58.3 Å². The Balaban J connectivity index is 2.32.